The number of aryl methyl sites for hydroxylation is 2. The lowest BCUT2D eigenvalue weighted by Gasteiger charge is -2.20. The highest BCUT2D eigenvalue weighted by Crippen LogP contribution is 2.31. The molecule has 128 valence electrons. The summed E-state index contributed by atoms with van der Waals surface area (Å²) < 4.78 is 0. The predicted molar refractivity (Wildman–Crippen MR) is 100 cm³/mol. The first-order valence-electron chi connectivity index (χ1n) is 8.79. The summed E-state index contributed by atoms with van der Waals surface area (Å²) in [5.41, 5.74) is 2.55. The Morgan fingerprint density at radius 3 is 2.83 bits per heavy atom. The number of nitrogens with zero attached hydrogens (tertiary/aromatic N) is 2. The van der Waals surface area contributed by atoms with E-state index in [-0.39, 0.29) is 5.91 Å². The third-order valence-corrected chi connectivity index (χ3v) is 7.10. The molecule has 2 aromatic heterocycles. The van der Waals surface area contributed by atoms with Gasteiger partial charge in [-0.05, 0) is 44.4 Å². The molecule has 0 spiro atoms. The average Bonchev–Trinajstić information content (AvgIpc) is 3.10. The van der Waals surface area contributed by atoms with E-state index in [1.54, 1.807) is 22.7 Å². The number of amides is 1. The monoisotopic (exact) mass is 361 g/mol. The highest BCUT2D eigenvalue weighted by Gasteiger charge is 2.21. The number of thiazole rings is 1. The lowest BCUT2D eigenvalue weighted by atomic mass is 10.00. The zero-order valence-electron chi connectivity index (χ0n) is 14.1. The van der Waals surface area contributed by atoms with Crippen molar-refractivity contribution in [2.45, 2.75) is 51.5 Å². The van der Waals surface area contributed by atoms with Crippen LogP contribution in [0.1, 0.15) is 56.4 Å². The molecular formula is C18H23N3OS2. The van der Waals surface area contributed by atoms with Crippen LogP contribution in [0.15, 0.2) is 6.07 Å². The quantitative estimate of drug-likeness (QED) is 0.876. The second-order valence-electron chi connectivity index (χ2n) is 6.80. The van der Waals surface area contributed by atoms with Crippen LogP contribution in [0.25, 0.3) is 0 Å². The molecule has 0 radical (unpaired) electrons. The number of aromatic nitrogens is 1. The lowest BCUT2D eigenvalue weighted by Crippen LogP contribution is -2.25. The molecule has 3 heterocycles. The van der Waals surface area contributed by atoms with Gasteiger partial charge in [0.25, 0.3) is 5.91 Å². The number of carbonyl (C=O) groups excluding carboxylic acids is 1. The van der Waals surface area contributed by atoms with Crippen molar-refractivity contribution in [2.75, 3.05) is 18.9 Å². The van der Waals surface area contributed by atoms with Crippen molar-refractivity contribution < 1.29 is 4.79 Å². The maximum atomic E-state index is 12.6. The topological polar surface area (TPSA) is 45.2 Å². The Morgan fingerprint density at radius 2 is 1.96 bits per heavy atom. The van der Waals surface area contributed by atoms with Crippen molar-refractivity contribution in [3.05, 3.63) is 32.0 Å². The zero-order chi connectivity index (χ0) is 16.5. The van der Waals surface area contributed by atoms with Gasteiger partial charge in [-0.1, -0.05) is 12.8 Å². The highest BCUT2D eigenvalue weighted by atomic mass is 32.1. The fourth-order valence-corrected chi connectivity index (χ4v) is 5.72. The van der Waals surface area contributed by atoms with E-state index >= 15 is 0 Å². The Balaban J connectivity index is 1.49. The van der Waals surface area contributed by atoms with Crippen LogP contribution in [0.4, 0.5) is 5.13 Å². The van der Waals surface area contributed by atoms with Gasteiger partial charge in [0, 0.05) is 29.3 Å². The molecule has 0 aromatic carbocycles. The third kappa shape index (κ3) is 3.41. The average molecular weight is 362 g/mol. The number of anilines is 1. The number of rotatable bonds is 2. The van der Waals surface area contributed by atoms with Crippen molar-refractivity contribution in [1.29, 1.82) is 0 Å². The van der Waals surface area contributed by atoms with E-state index < -0.39 is 0 Å². The van der Waals surface area contributed by atoms with Gasteiger partial charge in [-0.25, -0.2) is 4.98 Å². The lowest BCUT2D eigenvalue weighted by molar-refractivity contribution is 0.103. The molecule has 1 amide bonds. The second-order valence-corrected chi connectivity index (χ2v) is 9.02. The SMILES string of the molecule is CN1CCc2nc(NC(=O)c3cc4c(s3)CCCCCC4)sc2C1. The summed E-state index contributed by atoms with van der Waals surface area (Å²) in [5, 5.41) is 3.78. The Labute approximate surface area is 150 Å². The minimum Gasteiger partial charge on any atom is -0.301 e. The summed E-state index contributed by atoms with van der Waals surface area (Å²) in [4.78, 5) is 23.1. The van der Waals surface area contributed by atoms with Gasteiger partial charge >= 0.3 is 0 Å². The van der Waals surface area contributed by atoms with Gasteiger partial charge < -0.3 is 4.90 Å². The summed E-state index contributed by atoms with van der Waals surface area (Å²) in [6.07, 6.45) is 8.36. The van der Waals surface area contributed by atoms with Crippen molar-refractivity contribution in [1.82, 2.24) is 9.88 Å². The largest absolute Gasteiger partial charge is 0.301 e. The second kappa shape index (κ2) is 6.94. The molecule has 4 rings (SSSR count). The Bertz CT molecular complexity index is 724. The Hall–Kier alpha value is -1.24. The number of hydrogen-bond donors (Lipinski definition) is 1. The first kappa shape index (κ1) is 16.2. The summed E-state index contributed by atoms with van der Waals surface area (Å²) in [6.45, 7) is 1.98. The van der Waals surface area contributed by atoms with E-state index in [9.17, 15) is 4.79 Å². The Morgan fingerprint density at radius 1 is 1.12 bits per heavy atom. The van der Waals surface area contributed by atoms with Crippen LogP contribution in [0.2, 0.25) is 0 Å². The molecule has 0 fully saturated rings. The molecule has 1 aliphatic heterocycles. The highest BCUT2D eigenvalue weighted by molar-refractivity contribution is 7.16. The first-order valence-corrected chi connectivity index (χ1v) is 10.4. The van der Waals surface area contributed by atoms with Crippen molar-refractivity contribution in [3.8, 4) is 0 Å². The first-order chi connectivity index (χ1) is 11.7. The van der Waals surface area contributed by atoms with Crippen LogP contribution >= 0.6 is 22.7 Å². The molecule has 2 aromatic rings. The molecule has 2 aliphatic rings. The molecular weight excluding hydrogens is 338 g/mol. The molecule has 6 heteroatoms. The smallest absolute Gasteiger partial charge is 0.267 e. The van der Waals surface area contributed by atoms with E-state index in [1.807, 2.05) is 0 Å². The van der Waals surface area contributed by atoms with Crippen molar-refractivity contribution in [2.24, 2.45) is 0 Å². The molecule has 0 bridgehead atoms. The molecule has 0 saturated carbocycles. The van der Waals surface area contributed by atoms with Gasteiger partial charge in [-0.15, -0.1) is 22.7 Å². The van der Waals surface area contributed by atoms with Gasteiger partial charge in [0.15, 0.2) is 5.13 Å². The minimum absolute atomic E-state index is 0.00574. The third-order valence-electron chi connectivity index (χ3n) is 4.86. The maximum absolute atomic E-state index is 12.6. The molecule has 24 heavy (non-hydrogen) atoms. The van der Waals surface area contributed by atoms with E-state index in [0.29, 0.717) is 0 Å². The normalized spacial score (nSPS) is 18.4. The van der Waals surface area contributed by atoms with Gasteiger partial charge in [0.1, 0.15) is 0 Å². The van der Waals surface area contributed by atoms with Gasteiger partial charge in [-0.2, -0.15) is 0 Å². The number of hydrogen-bond acceptors (Lipinski definition) is 5. The predicted octanol–water partition coefficient (Wildman–Crippen LogP) is 4.10. The maximum Gasteiger partial charge on any atom is 0.267 e. The van der Waals surface area contributed by atoms with E-state index in [4.69, 9.17) is 0 Å². The van der Waals surface area contributed by atoms with Crippen LogP contribution < -0.4 is 5.32 Å². The molecule has 1 aliphatic carbocycles. The van der Waals surface area contributed by atoms with Crippen LogP contribution in [-0.2, 0) is 25.8 Å². The fraction of sp³-hybridized carbons (Fsp3) is 0.556. The summed E-state index contributed by atoms with van der Waals surface area (Å²) in [7, 11) is 2.13. The molecule has 1 N–H and O–H groups in total. The van der Waals surface area contributed by atoms with Gasteiger partial charge in [0.05, 0.1) is 10.6 Å². The molecule has 0 unspecified atom stereocenters. The Kier molecular flexibility index (Phi) is 4.70. The number of fused-ring (bicyclic) bond motifs is 2. The molecule has 0 atom stereocenters. The van der Waals surface area contributed by atoms with E-state index in [0.717, 1.165) is 48.1 Å². The number of thiophene rings is 1. The van der Waals surface area contributed by atoms with Crippen LogP contribution in [0.3, 0.4) is 0 Å². The van der Waals surface area contributed by atoms with Crippen molar-refractivity contribution >= 4 is 33.7 Å². The summed E-state index contributed by atoms with van der Waals surface area (Å²) in [5.74, 6) is 0.00574. The van der Waals surface area contributed by atoms with Crippen molar-refractivity contribution in [3.63, 3.8) is 0 Å². The van der Waals surface area contributed by atoms with E-state index in [2.05, 4.69) is 28.3 Å². The van der Waals surface area contributed by atoms with Crippen LogP contribution in [0, 0.1) is 0 Å². The fourth-order valence-electron chi connectivity index (χ4n) is 3.49. The van der Waals surface area contributed by atoms with Crippen LogP contribution in [-0.4, -0.2) is 29.4 Å². The van der Waals surface area contributed by atoms with Gasteiger partial charge in [0.2, 0.25) is 0 Å². The van der Waals surface area contributed by atoms with Gasteiger partial charge in [-0.3, -0.25) is 10.1 Å². The zero-order valence-corrected chi connectivity index (χ0v) is 15.7. The summed E-state index contributed by atoms with van der Waals surface area (Å²) >= 11 is 3.30. The standard InChI is InChI=1S/C18H23N3OS2/c1-21-9-8-13-16(11-21)24-18(19-13)20-17(22)15-10-12-6-4-2-3-5-7-14(12)23-15/h10H,2-9,11H2,1H3,(H,19,20,22). The number of nitrogens with one attached hydrogen (secondary N) is 1. The minimum atomic E-state index is 0.00574. The molecule has 4 nitrogen and oxygen atoms in total. The van der Waals surface area contributed by atoms with Crippen LogP contribution in [0.5, 0.6) is 0 Å². The number of carbonyl (C=O) groups is 1. The van der Waals surface area contributed by atoms with E-state index in [1.165, 1.54) is 41.0 Å². The molecule has 0 saturated heterocycles. The summed E-state index contributed by atoms with van der Waals surface area (Å²) in [6, 6.07) is 2.11. The number of likely N-dealkylation sites (N-methyl/N-ethyl adjacent to an activating group) is 1.